The van der Waals surface area contributed by atoms with Crippen LogP contribution in [0, 0.1) is 6.92 Å². The number of aliphatic hydroxyl groups is 1. The molecule has 24 heavy (non-hydrogen) atoms. The molecule has 5 heteroatoms. The van der Waals surface area contributed by atoms with Gasteiger partial charge in [-0.2, -0.15) is 0 Å². The second-order valence-corrected chi connectivity index (χ2v) is 6.01. The standard InChI is InChI=1S/C19H24ClN3O/c1-3-21-19(22-12-15-8-6-7-14(2)11-15)23-13-18(24)16-9-4-5-10-17(16)20/h4-11,18,24H,3,12-13H2,1-2H3,(H2,21,22,23). The van der Waals surface area contributed by atoms with E-state index in [1.54, 1.807) is 6.07 Å². The second kappa shape index (κ2) is 9.30. The average molecular weight is 346 g/mol. The summed E-state index contributed by atoms with van der Waals surface area (Å²) in [6, 6.07) is 15.6. The van der Waals surface area contributed by atoms with Gasteiger partial charge in [0.15, 0.2) is 5.96 Å². The molecule has 0 bridgehead atoms. The van der Waals surface area contributed by atoms with E-state index in [0.29, 0.717) is 29.6 Å². The van der Waals surface area contributed by atoms with Gasteiger partial charge in [-0.05, 0) is 25.5 Å². The summed E-state index contributed by atoms with van der Waals surface area (Å²) in [5, 5.41) is 17.2. The third-order valence-electron chi connectivity index (χ3n) is 3.57. The van der Waals surface area contributed by atoms with Crippen LogP contribution in [0.5, 0.6) is 0 Å². The van der Waals surface area contributed by atoms with Crippen LogP contribution < -0.4 is 10.6 Å². The molecular weight excluding hydrogens is 322 g/mol. The fourth-order valence-corrected chi connectivity index (χ4v) is 2.63. The van der Waals surface area contributed by atoms with Crippen LogP contribution >= 0.6 is 11.6 Å². The van der Waals surface area contributed by atoms with Crippen molar-refractivity contribution in [3.63, 3.8) is 0 Å². The second-order valence-electron chi connectivity index (χ2n) is 5.60. The number of nitrogens with one attached hydrogen (secondary N) is 2. The Hall–Kier alpha value is -2.04. The largest absolute Gasteiger partial charge is 0.387 e. The summed E-state index contributed by atoms with van der Waals surface area (Å²) >= 11 is 6.12. The van der Waals surface area contributed by atoms with E-state index in [1.807, 2.05) is 31.2 Å². The van der Waals surface area contributed by atoms with E-state index in [1.165, 1.54) is 5.56 Å². The van der Waals surface area contributed by atoms with Gasteiger partial charge in [-0.3, -0.25) is 0 Å². The molecule has 0 heterocycles. The predicted octanol–water partition coefficient (Wildman–Crippen LogP) is 3.44. The van der Waals surface area contributed by atoms with E-state index in [9.17, 15) is 5.11 Å². The van der Waals surface area contributed by atoms with Crippen molar-refractivity contribution in [3.05, 3.63) is 70.2 Å². The molecule has 2 aromatic rings. The van der Waals surface area contributed by atoms with Crippen molar-refractivity contribution in [1.29, 1.82) is 0 Å². The first-order valence-corrected chi connectivity index (χ1v) is 8.48. The van der Waals surface area contributed by atoms with Crippen molar-refractivity contribution in [2.24, 2.45) is 4.99 Å². The maximum atomic E-state index is 10.3. The van der Waals surface area contributed by atoms with E-state index in [4.69, 9.17) is 11.6 Å². The van der Waals surface area contributed by atoms with E-state index in [2.05, 4.69) is 40.7 Å². The molecule has 0 saturated heterocycles. The maximum absolute atomic E-state index is 10.3. The maximum Gasteiger partial charge on any atom is 0.191 e. The highest BCUT2D eigenvalue weighted by molar-refractivity contribution is 6.31. The molecule has 0 radical (unpaired) electrons. The summed E-state index contributed by atoms with van der Waals surface area (Å²) in [7, 11) is 0. The number of hydrogen-bond acceptors (Lipinski definition) is 2. The Kier molecular flexibility index (Phi) is 7.09. The van der Waals surface area contributed by atoms with Crippen molar-refractivity contribution in [3.8, 4) is 0 Å². The fraction of sp³-hybridized carbons (Fsp3) is 0.316. The van der Waals surface area contributed by atoms with Gasteiger partial charge in [0, 0.05) is 23.7 Å². The van der Waals surface area contributed by atoms with Crippen LogP contribution in [-0.2, 0) is 6.54 Å². The molecule has 0 aliphatic heterocycles. The normalized spacial score (nSPS) is 12.8. The molecule has 4 nitrogen and oxygen atoms in total. The molecule has 3 N–H and O–H groups in total. The summed E-state index contributed by atoms with van der Waals surface area (Å²) < 4.78 is 0. The van der Waals surface area contributed by atoms with E-state index in [0.717, 1.165) is 12.1 Å². The highest BCUT2D eigenvalue weighted by atomic mass is 35.5. The van der Waals surface area contributed by atoms with Gasteiger partial charge in [-0.1, -0.05) is 59.6 Å². The van der Waals surface area contributed by atoms with Crippen LogP contribution in [0.3, 0.4) is 0 Å². The van der Waals surface area contributed by atoms with Gasteiger partial charge in [-0.15, -0.1) is 0 Å². The first-order chi connectivity index (χ1) is 11.6. The number of aryl methyl sites for hydroxylation is 1. The third-order valence-corrected chi connectivity index (χ3v) is 3.92. The Morgan fingerprint density at radius 2 is 1.96 bits per heavy atom. The number of halogens is 1. The lowest BCUT2D eigenvalue weighted by Gasteiger charge is -2.16. The predicted molar refractivity (Wildman–Crippen MR) is 100 cm³/mol. The molecule has 0 amide bonds. The zero-order valence-corrected chi connectivity index (χ0v) is 14.8. The van der Waals surface area contributed by atoms with Crippen LogP contribution in [-0.4, -0.2) is 24.2 Å². The molecule has 1 unspecified atom stereocenters. The van der Waals surface area contributed by atoms with E-state index in [-0.39, 0.29) is 0 Å². The summed E-state index contributed by atoms with van der Waals surface area (Å²) in [6.45, 7) is 5.75. The molecule has 0 aromatic heterocycles. The first-order valence-electron chi connectivity index (χ1n) is 8.10. The molecule has 1 atom stereocenters. The summed E-state index contributed by atoms with van der Waals surface area (Å²) in [4.78, 5) is 4.56. The van der Waals surface area contributed by atoms with E-state index < -0.39 is 6.10 Å². The molecule has 0 aliphatic carbocycles. The van der Waals surface area contributed by atoms with Gasteiger partial charge in [-0.25, -0.2) is 4.99 Å². The lowest BCUT2D eigenvalue weighted by atomic mass is 10.1. The monoisotopic (exact) mass is 345 g/mol. The van der Waals surface area contributed by atoms with Crippen LogP contribution in [0.15, 0.2) is 53.5 Å². The topological polar surface area (TPSA) is 56.7 Å². The van der Waals surface area contributed by atoms with Gasteiger partial charge in [0.05, 0.1) is 12.6 Å². The average Bonchev–Trinajstić information content (AvgIpc) is 2.57. The highest BCUT2D eigenvalue weighted by Crippen LogP contribution is 2.21. The van der Waals surface area contributed by atoms with Gasteiger partial charge in [0.2, 0.25) is 0 Å². The summed E-state index contributed by atoms with van der Waals surface area (Å²) in [5.74, 6) is 0.671. The molecular formula is C19H24ClN3O. The van der Waals surface area contributed by atoms with Crippen molar-refractivity contribution < 1.29 is 5.11 Å². The Morgan fingerprint density at radius 1 is 1.17 bits per heavy atom. The van der Waals surface area contributed by atoms with Crippen molar-refractivity contribution in [1.82, 2.24) is 10.6 Å². The van der Waals surface area contributed by atoms with Crippen LogP contribution in [0.4, 0.5) is 0 Å². The molecule has 0 fully saturated rings. The third kappa shape index (κ3) is 5.55. The van der Waals surface area contributed by atoms with Crippen LogP contribution in [0.25, 0.3) is 0 Å². The molecule has 0 spiro atoms. The van der Waals surface area contributed by atoms with Gasteiger partial charge < -0.3 is 15.7 Å². The number of aliphatic imine (C=N–C) groups is 1. The number of benzene rings is 2. The molecule has 2 aromatic carbocycles. The Morgan fingerprint density at radius 3 is 2.67 bits per heavy atom. The SMILES string of the molecule is CCNC(=NCc1cccc(C)c1)NCC(O)c1ccccc1Cl. The minimum Gasteiger partial charge on any atom is -0.387 e. The Balaban J connectivity index is 1.97. The summed E-state index contributed by atoms with van der Waals surface area (Å²) in [6.07, 6.45) is -0.693. The first kappa shape index (κ1) is 18.3. The van der Waals surface area contributed by atoms with Crippen molar-refractivity contribution in [2.75, 3.05) is 13.1 Å². The van der Waals surface area contributed by atoms with Gasteiger partial charge in [0.1, 0.15) is 0 Å². The molecule has 128 valence electrons. The minimum absolute atomic E-state index is 0.337. The summed E-state index contributed by atoms with van der Waals surface area (Å²) in [5.41, 5.74) is 3.08. The Labute approximate surface area is 148 Å². The fourth-order valence-electron chi connectivity index (χ4n) is 2.37. The minimum atomic E-state index is -0.693. The smallest absolute Gasteiger partial charge is 0.191 e. The number of rotatable bonds is 6. The number of hydrogen-bond donors (Lipinski definition) is 3. The van der Waals surface area contributed by atoms with Gasteiger partial charge in [0.25, 0.3) is 0 Å². The molecule has 2 rings (SSSR count). The zero-order valence-electron chi connectivity index (χ0n) is 14.1. The van der Waals surface area contributed by atoms with Gasteiger partial charge >= 0.3 is 0 Å². The number of aliphatic hydroxyl groups excluding tert-OH is 1. The van der Waals surface area contributed by atoms with Crippen LogP contribution in [0.1, 0.15) is 29.7 Å². The number of nitrogens with zero attached hydrogens (tertiary/aromatic N) is 1. The quantitative estimate of drug-likeness (QED) is 0.555. The lowest BCUT2D eigenvalue weighted by molar-refractivity contribution is 0.181. The highest BCUT2D eigenvalue weighted by Gasteiger charge is 2.11. The zero-order chi connectivity index (χ0) is 17.4. The van der Waals surface area contributed by atoms with Crippen molar-refractivity contribution in [2.45, 2.75) is 26.5 Å². The molecule has 0 saturated carbocycles. The molecule has 0 aliphatic rings. The van der Waals surface area contributed by atoms with E-state index >= 15 is 0 Å². The number of guanidine groups is 1. The van der Waals surface area contributed by atoms with Crippen LogP contribution in [0.2, 0.25) is 5.02 Å². The van der Waals surface area contributed by atoms with Crippen molar-refractivity contribution >= 4 is 17.6 Å². The lowest BCUT2D eigenvalue weighted by Crippen LogP contribution is -2.39. The Bertz CT molecular complexity index is 688.